The van der Waals surface area contributed by atoms with Gasteiger partial charge in [-0.25, -0.2) is 4.79 Å². The van der Waals surface area contributed by atoms with Crippen molar-refractivity contribution < 1.29 is 14.3 Å². The molecule has 25 heavy (non-hydrogen) atoms. The third-order valence-corrected chi connectivity index (χ3v) is 4.56. The fourth-order valence-corrected chi connectivity index (χ4v) is 3.17. The zero-order chi connectivity index (χ0) is 17.8. The number of hydrogen-bond donors (Lipinski definition) is 1. The molecule has 0 unspecified atom stereocenters. The van der Waals surface area contributed by atoms with E-state index in [4.69, 9.17) is 16.3 Å². The number of carbonyl (C=O) groups excluding carboxylic acids is 2. The van der Waals surface area contributed by atoms with Crippen molar-refractivity contribution >= 4 is 34.9 Å². The molecule has 2 aromatic rings. The molecule has 1 aliphatic heterocycles. The van der Waals surface area contributed by atoms with Crippen molar-refractivity contribution in [1.82, 2.24) is 0 Å². The largest absolute Gasteiger partial charge is 0.465 e. The van der Waals surface area contributed by atoms with Crippen LogP contribution in [0.3, 0.4) is 0 Å². The molecule has 0 bridgehead atoms. The molecule has 1 amide bonds. The first kappa shape index (κ1) is 17.3. The van der Waals surface area contributed by atoms with E-state index in [1.165, 1.54) is 7.11 Å². The molecule has 0 atom stereocenters. The number of rotatable bonds is 4. The maximum Gasteiger partial charge on any atom is 0.337 e. The standard InChI is InChI=1S/C19H19ClN2O3/c1-25-19(24)13-8-9-17(22-10-4-5-11-22)16(12-13)21-18(23)14-6-2-3-7-15(14)20/h2-3,6-9,12H,4-5,10-11H2,1H3,(H,21,23). The summed E-state index contributed by atoms with van der Waals surface area (Å²) in [5, 5.41) is 3.27. The van der Waals surface area contributed by atoms with E-state index in [1.807, 2.05) is 6.07 Å². The minimum absolute atomic E-state index is 0.312. The number of nitrogens with zero attached hydrogens (tertiary/aromatic N) is 1. The Morgan fingerprint density at radius 1 is 1.12 bits per heavy atom. The highest BCUT2D eigenvalue weighted by molar-refractivity contribution is 6.34. The van der Waals surface area contributed by atoms with E-state index in [-0.39, 0.29) is 5.91 Å². The number of hydrogen-bond acceptors (Lipinski definition) is 4. The van der Waals surface area contributed by atoms with Crippen LogP contribution in [0.2, 0.25) is 5.02 Å². The summed E-state index contributed by atoms with van der Waals surface area (Å²) in [4.78, 5) is 26.7. The van der Waals surface area contributed by atoms with Gasteiger partial charge in [-0.1, -0.05) is 23.7 Å². The molecule has 3 rings (SSSR count). The average Bonchev–Trinajstić information content (AvgIpc) is 3.15. The number of amides is 1. The first-order valence-electron chi connectivity index (χ1n) is 8.13. The predicted molar refractivity (Wildman–Crippen MR) is 98.6 cm³/mol. The molecule has 1 aliphatic rings. The minimum Gasteiger partial charge on any atom is -0.465 e. The van der Waals surface area contributed by atoms with Crippen LogP contribution in [0.5, 0.6) is 0 Å². The molecule has 0 saturated carbocycles. The second-order valence-corrected chi connectivity index (χ2v) is 6.26. The molecule has 6 heteroatoms. The normalized spacial score (nSPS) is 13.6. The molecule has 2 aromatic carbocycles. The molecular weight excluding hydrogens is 340 g/mol. The Hall–Kier alpha value is -2.53. The van der Waals surface area contributed by atoms with Crippen LogP contribution in [0.1, 0.15) is 33.6 Å². The van der Waals surface area contributed by atoms with E-state index in [0.29, 0.717) is 21.8 Å². The Morgan fingerprint density at radius 2 is 1.84 bits per heavy atom. The van der Waals surface area contributed by atoms with E-state index >= 15 is 0 Å². The van der Waals surface area contributed by atoms with Crippen molar-refractivity contribution in [2.45, 2.75) is 12.8 Å². The van der Waals surface area contributed by atoms with E-state index in [2.05, 4.69) is 10.2 Å². The van der Waals surface area contributed by atoms with E-state index in [0.717, 1.165) is 31.6 Å². The monoisotopic (exact) mass is 358 g/mol. The molecule has 5 nitrogen and oxygen atoms in total. The number of nitrogens with one attached hydrogen (secondary N) is 1. The summed E-state index contributed by atoms with van der Waals surface area (Å²) in [6.07, 6.45) is 2.22. The van der Waals surface area contributed by atoms with Gasteiger partial charge in [0.05, 0.1) is 34.6 Å². The van der Waals surface area contributed by atoms with Crippen LogP contribution in [0.4, 0.5) is 11.4 Å². The lowest BCUT2D eigenvalue weighted by Gasteiger charge is -2.22. The highest BCUT2D eigenvalue weighted by Gasteiger charge is 2.20. The van der Waals surface area contributed by atoms with Crippen LogP contribution < -0.4 is 10.2 Å². The zero-order valence-electron chi connectivity index (χ0n) is 13.9. The number of esters is 1. The number of ether oxygens (including phenoxy) is 1. The van der Waals surface area contributed by atoms with Gasteiger partial charge in [0.2, 0.25) is 0 Å². The highest BCUT2D eigenvalue weighted by atomic mass is 35.5. The maximum atomic E-state index is 12.6. The van der Waals surface area contributed by atoms with Crippen molar-refractivity contribution in [3.63, 3.8) is 0 Å². The third kappa shape index (κ3) is 3.77. The lowest BCUT2D eigenvalue weighted by atomic mass is 10.1. The number of benzene rings is 2. The summed E-state index contributed by atoms with van der Waals surface area (Å²) in [5.41, 5.74) is 2.25. The summed E-state index contributed by atoms with van der Waals surface area (Å²) in [6, 6.07) is 12.1. The van der Waals surface area contributed by atoms with Crippen molar-refractivity contribution in [2.24, 2.45) is 0 Å². The first-order valence-corrected chi connectivity index (χ1v) is 8.51. The van der Waals surface area contributed by atoms with Gasteiger partial charge in [-0.05, 0) is 43.2 Å². The molecule has 0 spiro atoms. The van der Waals surface area contributed by atoms with Crippen LogP contribution >= 0.6 is 11.6 Å². The fourth-order valence-electron chi connectivity index (χ4n) is 2.95. The molecule has 0 aromatic heterocycles. The van der Waals surface area contributed by atoms with E-state index in [1.54, 1.807) is 36.4 Å². The SMILES string of the molecule is COC(=O)c1ccc(N2CCCC2)c(NC(=O)c2ccccc2Cl)c1. The van der Waals surface area contributed by atoms with Crippen molar-refractivity contribution in [3.05, 3.63) is 58.6 Å². The lowest BCUT2D eigenvalue weighted by Crippen LogP contribution is -2.21. The van der Waals surface area contributed by atoms with Gasteiger partial charge in [-0.15, -0.1) is 0 Å². The summed E-state index contributed by atoms with van der Waals surface area (Å²) in [7, 11) is 1.33. The topological polar surface area (TPSA) is 58.6 Å². The van der Waals surface area contributed by atoms with Crippen LogP contribution in [0.25, 0.3) is 0 Å². The number of methoxy groups -OCH3 is 1. The Kier molecular flexibility index (Phi) is 5.24. The van der Waals surface area contributed by atoms with E-state index in [9.17, 15) is 9.59 Å². The Balaban J connectivity index is 1.95. The Labute approximate surface area is 151 Å². The number of halogens is 1. The van der Waals surface area contributed by atoms with Gasteiger partial charge in [-0.3, -0.25) is 4.79 Å². The van der Waals surface area contributed by atoms with Crippen molar-refractivity contribution in [1.29, 1.82) is 0 Å². The third-order valence-electron chi connectivity index (χ3n) is 4.23. The molecule has 0 aliphatic carbocycles. The summed E-state index contributed by atoms with van der Waals surface area (Å²) >= 11 is 6.11. The molecular formula is C19H19ClN2O3. The van der Waals surface area contributed by atoms with Gasteiger partial charge >= 0.3 is 5.97 Å². The Morgan fingerprint density at radius 3 is 2.52 bits per heavy atom. The van der Waals surface area contributed by atoms with Crippen LogP contribution in [-0.4, -0.2) is 32.1 Å². The van der Waals surface area contributed by atoms with Crippen molar-refractivity contribution in [2.75, 3.05) is 30.4 Å². The Bertz CT molecular complexity index is 801. The van der Waals surface area contributed by atoms with Crippen LogP contribution in [0, 0.1) is 0 Å². The van der Waals surface area contributed by atoms with Gasteiger partial charge in [0.1, 0.15) is 0 Å². The summed E-state index contributed by atoms with van der Waals surface area (Å²) in [5.74, 6) is -0.755. The lowest BCUT2D eigenvalue weighted by molar-refractivity contribution is 0.0600. The van der Waals surface area contributed by atoms with Crippen LogP contribution in [-0.2, 0) is 4.74 Å². The molecule has 1 heterocycles. The minimum atomic E-state index is -0.443. The van der Waals surface area contributed by atoms with Gasteiger partial charge in [0.25, 0.3) is 5.91 Å². The summed E-state index contributed by atoms with van der Waals surface area (Å²) < 4.78 is 4.78. The first-order chi connectivity index (χ1) is 12.1. The predicted octanol–water partition coefficient (Wildman–Crippen LogP) is 3.98. The average molecular weight is 359 g/mol. The zero-order valence-corrected chi connectivity index (χ0v) is 14.7. The second-order valence-electron chi connectivity index (χ2n) is 5.85. The quantitative estimate of drug-likeness (QED) is 0.840. The van der Waals surface area contributed by atoms with Gasteiger partial charge in [0.15, 0.2) is 0 Å². The molecule has 0 radical (unpaired) electrons. The fraction of sp³-hybridized carbons (Fsp3) is 0.263. The molecule has 1 saturated heterocycles. The number of carbonyl (C=O) groups is 2. The van der Waals surface area contributed by atoms with Gasteiger partial charge < -0.3 is 15.0 Å². The van der Waals surface area contributed by atoms with Crippen molar-refractivity contribution in [3.8, 4) is 0 Å². The molecule has 1 fully saturated rings. The maximum absolute atomic E-state index is 12.6. The molecule has 1 N–H and O–H groups in total. The summed E-state index contributed by atoms with van der Waals surface area (Å²) in [6.45, 7) is 1.85. The van der Waals surface area contributed by atoms with E-state index < -0.39 is 5.97 Å². The smallest absolute Gasteiger partial charge is 0.337 e. The number of anilines is 2. The van der Waals surface area contributed by atoms with Gasteiger partial charge in [0, 0.05) is 13.1 Å². The highest BCUT2D eigenvalue weighted by Crippen LogP contribution is 2.31. The van der Waals surface area contributed by atoms with Crippen LogP contribution in [0.15, 0.2) is 42.5 Å². The molecule has 130 valence electrons. The second kappa shape index (κ2) is 7.57. The van der Waals surface area contributed by atoms with Gasteiger partial charge in [-0.2, -0.15) is 0 Å².